The van der Waals surface area contributed by atoms with Crippen molar-refractivity contribution in [1.82, 2.24) is 19.2 Å². The third-order valence-corrected chi connectivity index (χ3v) is 6.06. The van der Waals surface area contributed by atoms with Gasteiger partial charge in [-0.1, -0.05) is 12.1 Å². The highest BCUT2D eigenvalue weighted by atomic mass is 32.1. The average molecular weight is 381 g/mol. The Balaban J connectivity index is 1.30. The van der Waals surface area contributed by atoms with Gasteiger partial charge in [-0.25, -0.2) is 4.98 Å². The number of amides is 1. The van der Waals surface area contributed by atoms with Crippen LogP contribution in [0.5, 0.6) is 0 Å². The molecule has 0 atom stereocenters. The maximum Gasteiger partial charge on any atom is 0.263 e. The largest absolute Gasteiger partial charge is 0.352 e. The van der Waals surface area contributed by atoms with Crippen LogP contribution in [0.2, 0.25) is 0 Å². The second kappa shape index (κ2) is 6.45. The number of anilines is 1. The van der Waals surface area contributed by atoms with Crippen molar-refractivity contribution >= 4 is 33.3 Å². The van der Waals surface area contributed by atoms with Crippen LogP contribution < -0.4 is 10.5 Å². The Hall–Kier alpha value is -2.74. The molecule has 2 aromatic heterocycles. The van der Waals surface area contributed by atoms with E-state index in [0.717, 1.165) is 24.0 Å². The minimum atomic E-state index is -0.329. The van der Waals surface area contributed by atoms with Crippen molar-refractivity contribution in [2.45, 2.75) is 18.8 Å². The monoisotopic (exact) mass is 381 g/mol. The van der Waals surface area contributed by atoms with Gasteiger partial charge in [-0.2, -0.15) is 4.37 Å². The molecular formula is C19H19N5O2S. The molecule has 1 aliphatic heterocycles. The molecule has 2 fully saturated rings. The molecule has 27 heavy (non-hydrogen) atoms. The maximum absolute atomic E-state index is 12.8. The first-order valence-electron chi connectivity index (χ1n) is 9.18. The zero-order valence-electron chi connectivity index (χ0n) is 14.7. The van der Waals surface area contributed by atoms with E-state index in [1.54, 1.807) is 4.90 Å². The van der Waals surface area contributed by atoms with Gasteiger partial charge in [0.25, 0.3) is 11.5 Å². The molecule has 7 nitrogen and oxygen atoms in total. The van der Waals surface area contributed by atoms with Gasteiger partial charge < -0.3 is 14.8 Å². The Kier molecular flexibility index (Phi) is 3.93. The Morgan fingerprint density at radius 2 is 1.93 bits per heavy atom. The van der Waals surface area contributed by atoms with Crippen molar-refractivity contribution in [3.63, 3.8) is 0 Å². The smallest absolute Gasteiger partial charge is 0.263 e. The standard InChI is InChI=1S/C19H19N5O2S/c25-18-14(11-20-16(21-18)12-5-6-12)19(26)24-9-7-23(8-10-24)17-13-3-1-2-4-15(13)27-22-17/h1-4,11-12H,5-10H2,(H,20,21,25). The molecule has 2 aliphatic rings. The van der Waals surface area contributed by atoms with Gasteiger partial charge in [0.1, 0.15) is 17.2 Å². The molecule has 1 aromatic carbocycles. The number of aromatic amines is 1. The van der Waals surface area contributed by atoms with E-state index in [0.29, 0.717) is 37.9 Å². The van der Waals surface area contributed by atoms with Gasteiger partial charge in [0.05, 0.1) is 4.70 Å². The molecule has 1 N–H and O–H groups in total. The Labute approximate surface area is 159 Å². The van der Waals surface area contributed by atoms with Gasteiger partial charge in [0.2, 0.25) is 0 Å². The van der Waals surface area contributed by atoms with Crippen LogP contribution >= 0.6 is 11.5 Å². The number of rotatable bonds is 3. The van der Waals surface area contributed by atoms with Gasteiger partial charge in [-0.05, 0) is 36.5 Å². The third-order valence-electron chi connectivity index (χ3n) is 5.24. The second-order valence-electron chi connectivity index (χ2n) is 7.07. The third kappa shape index (κ3) is 2.99. The van der Waals surface area contributed by atoms with E-state index in [9.17, 15) is 9.59 Å². The fourth-order valence-electron chi connectivity index (χ4n) is 3.52. The minimum Gasteiger partial charge on any atom is -0.352 e. The number of piperazine rings is 1. The summed E-state index contributed by atoms with van der Waals surface area (Å²) in [6.07, 6.45) is 3.56. The predicted molar refractivity (Wildman–Crippen MR) is 105 cm³/mol. The second-order valence-corrected chi connectivity index (χ2v) is 7.87. The number of carbonyl (C=O) groups is 1. The molecule has 3 aromatic rings. The molecule has 1 saturated carbocycles. The summed E-state index contributed by atoms with van der Waals surface area (Å²) in [7, 11) is 0. The molecule has 1 saturated heterocycles. The average Bonchev–Trinajstić information content (AvgIpc) is 3.47. The zero-order valence-corrected chi connectivity index (χ0v) is 15.5. The summed E-state index contributed by atoms with van der Waals surface area (Å²) in [5.41, 5.74) is -0.197. The Bertz CT molecular complexity index is 1060. The predicted octanol–water partition coefficient (Wildman–Crippen LogP) is 2.22. The van der Waals surface area contributed by atoms with Crippen LogP contribution in [0.15, 0.2) is 35.3 Å². The van der Waals surface area contributed by atoms with E-state index in [1.165, 1.54) is 22.4 Å². The number of aromatic nitrogens is 3. The minimum absolute atomic E-state index is 0.131. The SMILES string of the molecule is O=C(c1cnc(C2CC2)[nH]c1=O)N1CCN(c2nsc3ccccc23)CC1. The lowest BCUT2D eigenvalue weighted by Gasteiger charge is -2.35. The van der Waals surface area contributed by atoms with Crippen LogP contribution in [0.4, 0.5) is 5.82 Å². The van der Waals surface area contributed by atoms with Crippen LogP contribution in [-0.4, -0.2) is 51.3 Å². The summed E-state index contributed by atoms with van der Waals surface area (Å²) in [5, 5.41) is 1.15. The summed E-state index contributed by atoms with van der Waals surface area (Å²) in [6.45, 7) is 2.53. The fraction of sp³-hybridized carbons (Fsp3) is 0.368. The van der Waals surface area contributed by atoms with E-state index in [-0.39, 0.29) is 17.0 Å². The molecule has 0 spiro atoms. The van der Waals surface area contributed by atoms with Gasteiger partial charge in [0.15, 0.2) is 0 Å². The van der Waals surface area contributed by atoms with E-state index >= 15 is 0 Å². The number of nitrogens with zero attached hydrogens (tertiary/aromatic N) is 4. The molecule has 0 radical (unpaired) electrons. The summed E-state index contributed by atoms with van der Waals surface area (Å²) in [6, 6.07) is 8.19. The van der Waals surface area contributed by atoms with Crippen molar-refractivity contribution in [2.24, 2.45) is 0 Å². The molecule has 1 aliphatic carbocycles. The van der Waals surface area contributed by atoms with Gasteiger partial charge in [-0.3, -0.25) is 9.59 Å². The molecular weight excluding hydrogens is 362 g/mol. The number of hydrogen-bond acceptors (Lipinski definition) is 6. The van der Waals surface area contributed by atoms with Gasteiger partial charge in [-0.15, -0.1) is 0 Å². The quantitative estimate of drug-likeness (QED) is 0.752. The topological polar surface area (TPSA) is 82.2 Å². The van der Waals surface area contributed by atoms with Crippen molar-refractivity contribution in [1.29, 1.82) is 0 Å². The molecule has 5 rings (SSSR count). The van der Waals surface area contributed by atoms with E-state index in [2.05, 4.69) is 31.4 Å². The highest BCUT2D eigenvalue weighted by molar-refractivity contribution is 7.13. The highest BCUT2D eigenvalue weighted by Crippen LogP contribution is 2.37. The normalized spacial score (nSPS) is 17.5. The molecule has 0 unspecified atom stereocenters. The van der Waals surface area contributed by atoms with Gasteiger partial charge >= 0.3 is 0 Å². The number of fused-ring (bicyclic) bond motifs is 1. The molecule has 0 bridgehead atoms. The number of H-pyrrole nitrogens is 1. The van der Waals surface area contributed by atoms with Crippen LogP contribution in [-0.2, 0) is 0 Å². The lowest BCUT2D eigenvalue weighted by molar-refractivity contribution is 0.0744. The fourth-order valence-corrected chi connectivity index (χ4v) is 4.31. The van der Waals surface area contributed by atoms with Crippen molar-refractivity contribution in [2.75, 3.05) is 31.1 Å². The van der Waals surface area contributed by atoms with Crippen molar-refractivity contribution in [3.05, 3.63) is 52.2 Å². The lowest BCUT2D eigenvalue weighted by Crippen LogP contribution is -2.49. The van der Waals surface area contributed by atoms with E-state index in [4.69, 9.17) is 0 Å². The first-order valence-corrected chi connectivity index (χ1v) is 9.96. The highest BCUT2D eigenvalue weighted by Gasteiger charge is 2.29. The Morgan fingerprint density at radius 1 is 1.15 bits per heavy atom. The van der Waals surface area contributed by atoms with Crippen molar-refractivity contribution in [3.8, 4) is 0 Å². The molecule has 138 valence electrons. The number of benzene rings is 1. The number of hydrogen-bond donors (Lipinski definition) is 1. The zero-order chi connectivity index (χ0) is 18.4. The van der Waals surface area contributed by atoms with Crippen LogP contribution in [0.3, 0.4) is 0 Å². The summed E-state index contributed by atoms with van der Waals surface area (Å²) >= 11 is 1.50. The molecule has 1 amide bonds. The Morgan fingerprint density at radius 3 is 2.67 bits per heavy atom. The summed E-state index contributed by atoms with van der Waals surface area (Å²) < 4.78 is 5.76. The molecule has 8 heteroatoms. The van der Waals surface area contributed by atoms with Crippen LogP contribution in [0.1, 0.15) is 34.9 Å². The first kappa shape index (κ1) is 16.4. The van der Waals surface area contributed by atoms with Gasteiger partial charge in [0, 0.05) is 43.7 Å². The maximum atomic E-state index is 12.8. The van der Waals surface area contributed by atoms with Crippen LogP contribution in [0.25, 0.3) is 10.1 Å². The van der Waals surface area contributed by atoms with E-state index in [1.807, 2.05) is 12.1 Å². The first-order chi connectivity index (χ1) is 13.2. The van der Waals surface area contributed by atoms with Crippen molar-refractivity contribution < 1.29 is 4.79 Å². The molecule has 3 heterocycles. The number of carbonyl (C=O) groups excluding carboxylic acids is 1. The van der Waals surface area contributed by atoms with E-state index < -0.39 is 0 Å². The summed E-state index contributed by atoms with van der Waals surface area (Å²) in [4.78, 5) is 36.0. The summed E-state index contributed by atoms with van der Waals surface area (Å²) in [5.74, 6) is 1.81. The van der Waals surface area contributed by atoms with Crippen LogP contribution in [0, 0.1) is 0 Å². The number of nitrogens with one attached hydrogen (secondary N) is 1. The lowest BCUT2D eigenvalue weighted by atomic mass is 10.2.